The average Bonchev–Trinajstić information content (AvgIpc) is 3.54. The molecule has 1 aromatic carbocycles. The van der Waals surface area contributed by atoms with Gasteiger partial charge in [0.25, 0.3) is 0 Å². The fraction of sp³-hybridized carbons (Fsp3) is 0.480. The molecule has 2 aromatic rings. The Hall–Kier alpha value is -2.71. The van der Waals surface area contributed by atoms with Crippen molar-refractivity contribution in [3.63, 3.8) is 0 Å². The number of hydrogen-bond donors (Lipinski definition) is 0. The first-order valence-corrected chi connectivity index (χ1v) is 12.2. The molecule has 1 spiro atoms. The molecule has 34 heavy (non-hydrogen) atoms. The highest BCUT2D eigenvalue weighted by molar-refractivity contribution is 6.30. The van der Waals surface area contributed by atoms with E-state index in [4.69, 9.17) is 11.6 Å². The summed E-state index contributed by atoms with van der Waals surface area (Å²) in [5, 5.41) is 9.20. The molecule has 0 amide bonds. The van der Waals surface area contributed by atoms with Gasteiger partial charge in [-0.05, 0) is 55.7 Å². The molecule has 1 saturated carbocycles. The molecule has 178 valence electrons. The third-order valence-corrected chi connectivity index (χ3v) is 8.08. The Morgan fingerprint density at radius 3 is 2.59 bits per heavy atom. The van der Waals surface area contributed by atoms with Crippen LogP contribution in [0.25, 0.3) is 0 Å². The number of likely N-dealkylation sites (tertiary alicyclic amines) is 1. The Morgan fingerprint density at radius 2 is 1.91 bits per heavy atom. The van der Waals surface area contributed by atoms with Gasteiger partial charge in [0.2, 0.25) is 5.96 Å². The van der Waals surface area contributed by atoms with Gasteiger partial charge in [0.05, 0.1) is 6.20 Å². The van der Waals surface area contributed by atoms with Crippen molar-refractivity contribution in [1.82, 2.24) is 14.8 Å². The molecule has 3 fully saturated rings. The minimum atomic E-state index is -0.306. The first-order valence-electron chi connectivity index (χ1n) is 11.8. The molecule has 7 nitrogen and oxygen atoms in total. The van der Waals surface area contributed by atoms with Crippen LogP contribution in [0.1, 0.15) is 25.3 Å². The molecule has 3 aliphatic heterocycles. The molecule has 0 radical (unpaired) electrons. The lowest BCUT2D eigenvalue weighted by Crippen LogP contribution is -2.74. The average molecular weight is 482 g/mol. The van der Waals surface area contributed by atoms with Crippen LogP contribution in [-0.4, -0.2) is 72.3 Å². The van der Waals surface area contributed by atoms with Crippen molar-refractivity contribution in [2.45, 2.75) is 31.8 Å². The zero-order chi connectivity index (χ0) is 23.5. The van der Waals surface area contributed by atoms with Crippen LogP contribution in [0.4, 0.5) is 15.9 Å². The van der Waals surface area contributed by atoms with E-state index >= 15 is 0 Å². The summed E-state index contributed by atoms with van der Waals surface area (Å²) >= 11 is 6.40. The predicted octanol–water partition coefficient (Wildman–Crippen LogP) is 3.84. The number of halogens is 2. The van der Waals surface area contributed by atoms with Gasteiger partial charge < -0.3 is 14.7 Å². The highest BCUT2D eigenvalue weighted by atomic mass is 35.5. The Morgan fingerprint density at radius 1 is 1.12 bits per heavy atom. The van der Waals surface area contributed by atoms with Gasteiger partial charge in [-0.3, -0.25) is 4.90 Å². The summed E-state index contributed by atoms with van der Waals surface area (Å²) < 4.78 is 13.2. The van der Waals surface area contributed by atoms with E-state index < -0.39 is 0 Å². The van der Waals surface area contributed by atoms with Gasteiger partial charge in [0.15, 0.2) is 0 Å². The molecule has 0 bridgehead atoms. The predicted molar refractivity (Wildman–Crippen MR) is 134 cm³/mol. The molecule has 6 rings (SSSR count). The molecule has 1 aliphatic carbocycles. The van der Waals surface area contributed by atoms with E-state index in [2.05, 4.69) is 60.6 Å². The van der Waals surface area contributed by atoms with E-state index in [1.807, 2.05) is 6.07 Å². The van der Waals surface area contributed by atoms with Crippen molar-refractivity contribution in [2.75, 3.05) is 49.1 Å². The Bertz CT molecular complexity index is 1130. The van der Waals surface area contributed by atoms with Crippen LogP contribution in [0.5, 0.6) is 0 Å². The maximum absolute atomic E-state index is 13.2. The van der Waals surface area contributed by atoms with Crippen molar-refractivity contribution in [3.8, 4) is 0 Å². The summed E-state index contributed by atoms with van der Waals surface area (Å²) in [6.45, 7) is 12.3. The smallest absolute Gasteiger partial charge is 0.226 e. The number of fused-ring (bicyclic) bond motifs is 1. The first-order chi connectivity index (χ1) is 16.4. The van der Waals surface area contributed by atoms with Crippen molar-refractivity contribution < 1.29 is 4.39 Å². The molecular weight excluding hydrogens is 453 g/mol. The summed E-state index contributed by atoms with van der Waals surface area (Å²) in [4.78, 5) is 13.6. The van der Waals surface area contributed by atoms with E-state index in [0.717, 1.165) is 68.3 Å². The minimum absolute atomic E-state index is 0.209. The minimum Gasteiger partial charge on any atom is -0.355 e. The zero-order valence-corrected chi connectivity index (χ0v) is 20.2. The van der Waals surface area contributed by atoms with Gasteiger partial charge in [-0.2, -0.15) is 5.10 Å². The van der Waals surface area contributed by atoms with Crippen LogP contribution in [0.3, 0.4) is 0 Å². The number of rotatable bonds is 3. The van der Waals surface area contributed by atoms with Crippen molar-refractivity contribution in [3.05, 3.63) is 52.9 Å². The third kappa shape index (κ3) is 3.73. The van der Waals surface area contributed by atoms with Gasteiger partial charge >= 0.3 is 0 Å². The maximum atomic E-state index is 13.2. The lowest BCUT2D eigenvalue weighted by molar-refractivity contribution is 0.0272. The quantitative estimate of drug-likeness (QED) is 0.379. The number of guanidine groups is 1. The molecule has 4 aliphatic rings. The Kier molecular flexibility index (Phi) is 5.08. The highest BCUT2D eigenvalue weighted by Crippen LogP contribution is 2.45. The van der Waals surface area contributed by atoms with Crippen LogP contribution in [-0.2, 0) is 6.54 Å². The van der Waals surface area contributed by atoms with Crippen molar-refractivity contribution in [1.29, 1.82) is 0 Å². The molecule has 1 aromatic heterocycles. The molecule has 4 heterocycles. The summed E-state index contributed by atoms with van der Waals surface area (Å²) in [6, 6.07) is 9.37. The molecule has 0 N–H and O–H groups in total. The number of nitrogens with zero attached hydrogens (tertiary/aromatic N) is 7. The fourth-order valence-corrected chi connectivity index (χ4v) is 5.87. The molecular formula is C25H29ClFN7. The van der Waals surface area contributed by atoms with E-state index in [9.17, 15) is 4.39 Å². The van der Waals surface area contributed by atoms with Gasteiger partial charge in [-0.1, -0.05) is 11.6 Å². The largest absolute Gasteiger partial charge is 0.355 e. The van der Waals surface area contributed by atoms with Gasteiger partial charge in [-0.25, -0.2) is 9.37 Å². The molecule has 9 heteroatoms. The Balaban J connectivity index is 1.20. The second-order valence-electron chi connectivity index (χ2n) is 10.4. The number of hydrogen-bond acceptors (Lipinski definition) is 5. The summed E-state index contributed by atoms with van der Waals surface area (Å²) in [6.07, 6.45) is 3.76. The standard InChI is InChI=1S/C25H29ClFN7/c1-24(7-8-24)33-9-10-34(21-5-3-19(26)11-18(21)13-33)23(30-28-2)32-16-25(17-32)14-31(15-25)22-6-4-20(27)12-29-22/h3-6,11-12H,2,7-10,13-17H2,1H3/b30-23-. The van der Waals surface area contributed by atoms with Crippen molar-refractivity contribution >= 4 is 35.8 Å². The number of aromatic nitrogens is 1. The summed E-state index contributed by atoms with van der Waals surface area (Å²) in [7, 11) is 0. The summed E-state index contributed by atoms with van der Waals surface area (Å²) in [5.41, 5.74) is 2.86. The van der Waals surface area contributed by atoms with Gasteiger partial charge in [0, 0.05) is 74.2 Å². The second kappa shape index (κ2) is 7.92. The monoisotopic (exact) mass is 481 g/mol. The topological polar surface area (TPSA) is 50.6 Å². The van der Waals surface area contributed by atoms with E-state index in [1.165, 1.54) is 30.7 Å². The molecule has 0 unspecified atom stereocenters. The lowest BCUT2D eigenvalue weighted by atomic mass is 9.73. The number of benzene rings is 1. The second-order valence-corrected chi connectivity index (χ2v) is 10.9. The number of pyridine rings is 1. The van der Waals surface area contributed by atoms with Crippen LogP contribution >= 0.6 is 11.6 Å². The Labute approximate surface area is 204 Å². The van der Waals surface area contributed by atoms with Gasteiger partial charge in [0.1, 0.15) is 11.6 Å². The van der Waals surface area contributed by atoms with E-state index in [-0.39, 0.29) is 16.8 Å². The van der Waals surface area contributed by atoms with Gasteiger partial charge in [-0.15, -0.1) is 5.10 Å². The van der Waals surface area contributed by atoms with E-state index in [0.29, 0.717) is 0 Å². The number of anilines is 2. The van der Waals surface area contributed by atoms with Crippen LogP contribution in [0.2, 0.25) is 5.02 Å². The molecule has 2 saturated heterocycles. The third-order valence-electron chi connectivity index (χ3n) is 7.85. The van der Waals surface area contributed by atoms with Crippen LogP contribution < -0.4 is 9.80 Å². The van der Waals surface area contributed by atoms with E-state index in [1.54, 1.807) is 6.07 Å². The lowest BCUT2D eigenvalue weighted by Gasteiger charge is -2.61. The summed E-state index contributed by atoms with van der Waals surface area (Å²) in [5.74, 6) is 1.38. The molecule has 0 atom stereocenters. The van der Waals surface area contributed by atoms with Crippen LogP contribution in [0.15, 0.2) is 46.7 Å². The first kappa shape index (κ1) is 21.8. The maximum Gasteiger partial charge on any atom is 0.226 e. The zero-order valence-electron chi connectivity index (χ0n) is 19.4. The van der Waals surface area contributed by atoms with Crippen molar-refractivity contribution in [2.24, 2.45) is 15.6 Å². The highest BCUT2D eigenvalue weighted by Gasteiger charge is 2.54. The van der Waals surface area contributed by atoms with Crippen LogP contribution in [0, 0.1) is 11.2 Å². The SMILES string of the molecule is C=N/N=C(/N1CC2(C1)CN(c1ccc(F)cn1)C2)N1CCN(C2(C)CC2)Cc2cc(Cl)ccc21. The fourth-order valence-electron chi connectivity index (χ4n) is 5.67. The normalized spacial score (nSPS) is 23.1.